The molecular formula is C13H13ClN2O4S2. The summed E-state index contributed by atoms with van der Waals surface area (Å²) in [6.07, 6.45) is 0.190. The fourth-order valence-electron chi connectivity index (χ4n) is 1.65. The van der Waals surface area contributed by atoms with Crippen LogP contribution in [0.2, 0.25) is 4.34 Å². The molecule has 0 bridgehead atoms. The topological polar surface area (TPSA) is 88.5 Å². The van der Waals surface area contributed by atoms with Crippen LogP contribution in [0, 0.1) is 0 Å². The van der Waals surface area contributed by atoms with E-state index in [0.717, 1.165) is 4.88 Å². The number of thiophene rings is 1. The van der Waals surface area contributed by atoms with Crippen molar-refractivity contribution in [2.24, 2.45) is 0 Å². The van der Waals surface area contributed by atoms with E-state index in [2.05, 4.69) is 10.3 Å². The Labute approximate surface area is 139 Å². The van der Waals surface area contributed by atoms with Crippen molar-refractivity contribution in [1.82, 2.24) is 10.3 Å². The zero-order valence-electron chi connectivity index (χ0n) is 11.5. The summed E-state index contributed by atoms with van der Waals surface area (Å²) in [6.45, 7) is 0.243. The molecular weight excluding hydrogens is 348 g/mol. The maximum Gasteiger partial charge on any atom is 0.326 e. The second kappa shape index (κ2) is 7.68. The molecule has 2 heterocycles. The lowest BCUT2D eigenvalue weighted by Gasteiger charge is -2.12. The summed E-state index contributed by atoms with van der Waals surface area (Å²) in [5.41, 5.74) is 0.188. The Hall–Kier alpha value is -1.48. The molecule has 2 aromatic heterocycles. The van der Waals surface area contributed by atoms with Gasteiger partial charge in [0.15, 0.2) is 0 Å². The number of nitrogens with zero attached hydrogens (tertiary/aromatic N) is 1. The van der Waals surface area contributed by atoms with Crippen molar-refractivity contribution in [2.75, 3.05) is 13.7 Å². The molecule has 1 atom stereocenters. The number of carbonyl (C=O) groups excluding carboxylic acids is 1. The highest BCUT2D eigenvalue weighted by Crippen LogP contribution is 2.32. The molecule has 0 aromatic carbocycles. The predicted octanol–water partition coefficient (Wildman–Crippen LogP) is 2.74. The van der Waals surface area contributed by atoms with Crippen LogP contribution in [0.25, 0.3) is 9.88 Å². The number of methoxy groups -OCH3 is 1. The van der Waals surface area contributed by atoms with Gasteiger partial charge in [-0.3, -0.25) is 4.79 Å². The minimum Gasteiger partial charge on any atom is -0.480 e. The van der Waals surface area contributed by atoms with Gasteiger partial charge in [0, 0.05) is 25.5 Å². The molecule has 9 heteroatoms. The normalized spacial score (nSPS) is 12.1. The Balaban J connectivity index is 2.06. The van der Waals surface area contributed by atoms with Gasteiger partial charge in [0.25, 0.3) is 5.91 Å². The first-order chi connectivity index (χ1) is 10.5. The van der Waals surface area contributed by atoms with E-state index in [1.807, 2.05) is 6.07 Å². The second-order valence-corrected chi connectivity index (χ2v) is 6.86. The van der Waals surface area contributed by atoms with Gasteiger partial charge < -0.3 is 15.2 Å². The summed E-state index contributed by atoms with van der Waals surface area (Å²) >= 11 is 8.54. The van der Waals surface area contributed by atoms with Gasteiger partial charge in [-0.05, 0) is 12.1 Å². The minimum absolute atomic E-state index is 0.188. The second-order valence-electron chi connectivity index (χ2n) is 4.29. The lowest BCUT2D eigenvalue weighted by atomic mass is 10.2. The van der Waals surface area contributed by atoms with E-state index in [0.29, 0.717) is 9.34 Å². The van der Waals surface area contributed by atoms with E-state index < -0.39 is 17.9 Å². The number of carboxylic acid groups (broad SMARTS) is 1. The Bertz CT molecular complexity index is 671. The third-order valence-corrected chi connectivity index (χ3v) is 4.98. The number of rotatable bonds is 7. The monoisotopic (exact) mass is 360 g/mol. The van der Waals surface area contributed by atoms with E-state index in [9.17, 15) is 9.59 Å². The quantitative estimate of drug-likeness (QED) is 0.792. The number of halogens is 1. The molecule has 0 saturated carbocycles. The summed E-state index contributed by atoms with van der Waals surface area (Å²) < 4.78 is 5.48. The molecule has 1 unspecified atom stereocenters. The van der Waals surface area contributed by atoms with Crippen LogP contribution >= 0.6 is 34.3 Å². The minimum atomic E-state index is -1.11. The van der Waals surface area contributed by atoms with Crippen LogP contribution in [0.5, 0.6) is 0 Å². The van der Waals surface area contributed by atoms with Crippen LogP contribution < -0.4 is 5.32 Å². The van der Waals surface area contributed by atoms with E-state index in [1.165, 1.54) is 29.8 Å². The first kappa shape index (κ1) is 16.9. The van der Waals surface area contributed by atoms with Gasteiger partial charge in [-0.1, -0.05) is 11.6 Å². The van der Waals surface area contributed by atoms with Gasteiger partial charge in [0.1, 0.15) is 16.7 Å². The lowest BCUT2D eigenvalue weighted by Crippen LogP contribution is -2.41. The number of aliphatic carboxylic acids is 1. The van der Waals surface area contributed by atoms with Crippen LogP contribution in [0.3, 0.4) is 0 Å². The molecule has 22 heavy (non-hydrogen) atoms. The fourth-order valence-corrected chi connectivity index (χ4v) is 3.56. The van der Waals surface area contributed by atoms with Crippen LogP contribution in [0.1, 0.15) is 16.9 Å². The summed E-state index contributed by atoms with van der Waals surface area (Å²) in [4.78, 5) is 28.3. The van der Waals surface area contributed by atoms with Crippen molar-refractivity contribution < 1.29 is 19.4 Å². The van der Waals surface area contributed by atoms with Gasteiger partial charge in [-0.15, -0.1) is 22.7 Å². The molecule has 0 saturated heterocycles. The SMILES string of the molecule is COCCC(NC(=O)c1csc(-c2ccc(Cl)s2)n1)C(=O)O. The number of hydrogen-bond acceptors (Lipinski definition) is 6. The number of hydrogen-bond donors (Lipinski definition) is 2. The first-order valence-corrected chi connectivity index (χ1v) is 8.32. The van der Waals surface area contributed by atoms with Crippen molar-refractivity contribution in [3.63, 3.8) is 0 Å². The van der Waals surface area contributed by atoms with E-state index in [-0.39, 0.29) is 18.7 Å². The highest BCUT2D eigenvalue weighted by molar-refractivity contribution is 7.23. The molecule has 2 rings (SSSR count). The van der Waals surface area contributed by atoms with Crippen molar-refractivity contribution in [3.8, 4) is 9.88 Å². The standard InChI is InChI=1S/C13H13ClN2O4S2/c1-20-5-4-7(13(18)19)15-11(17)8-6-21-12(16-8)9-2-3-10(14)22-9/h2-3,6-7H,4-5H2,1H3,(H,15,17)(H,18,19). The summed E-state index contributed by atoms with van der Waals surface area (Å²) in [7, 11) is 1.47. The molecule has 6 nitrogen and oxygen atoms in total. The number of carbonyl (C=O) groups is 2. The Morgan fingerprint density at radius 1 is 1.50 bits per heavy atom. The summed E-state index contributed by atoms with van der Waals surface area (Å²) in [5, 5.41) is 13.8. The molecule has 0 aliphatic heterocycles. The molecule has 2 N–H and O–H groups in total. The molecule has 2 aromatic rings. The maximum atomic E-state index is 12.1. The molecule has 1 amide bonds. The maximum absolute atomic E-state index is 12.1. The third-order valence-electron chi connectivity index (χ3n) is 2.73. The van der Waals surface area contributed by atoms with Crippen LogP contribution in [0.15, 0.2) is 17.5 Å². The average molecular weight is 361 g/mol. The van der Waals surface area contributed by atoms with Crippen molar-refractivity contribution in [2.45, 2.75) is 12.5 Å². The Morgan fingerprint density at radius 2 is 2.27 bits per heavy atom. The van der Waals surface area contributed by atoms with E-state index >= 15 is 0 Å². The first-order valence-electron chi connectivity index (χ1n) is 6.25. The van der Waals surface area contributed by atoms with Crippen molar-refractivity contribution in [1.29, 1.82) is 0 Å². The summed E-state index contributed by atoms with van der Waals surface area (Å²) in [5.74, 6) is -1.63. The zero-order chi connectivity index (χ0) is 16.1. The highest BCUT2D eigenvalue weighted by atomic mass is 35.5. The van der Waals surface area contributed by atoms with Gasteiger partial charge in [0.2, 0.25) is 0 Å². The Morgan fingerprint density at radius 3 is 2.86 bits per heavy atom. The fraction of sp³-hybridized carbons (Fsp3) is 0.308. The number of amides is 1. The number of thiazole rings is 1. The molecule has 118 valence electrons. The van der Waals surface area contributed by atoms with E-state index in [4.69, 9.17) is 21.4 Å². The third kappa shape index (κ3) is 4.26. The highest BCUT2D eigenvalue weighted by Gasteiger charge is 2.22. The Kier molecular flexibility index (Phi) is 5.90. The number of carboxylic acids is 1. The smallest absolute Gasteiger partial charge is 0.326 e. The van der Waals surface area contributed by atoms with Crippen LogP contribution in [-0.2, 0) is 9.53 Å². The largest absolute Gasteiger partial charge is 0.480 e. The van der Waals surface area contributed by atoms with Gasteiger partial charge in [-0.2, -0.15) is 0 Å². The predicted molar refractivity (Wildman–Crippen MR) is 85.8 cm³/mol. The number of ether oxygens (including phenoxy) is 1. The van der Waals surface area contributed by atoms with E-state index in [1.54, 1.807) is 11.4 Å². The van der Waals surface area contributed by atoms with Crippen LogP contribution in [0.4, 0.5) is 0 Å². The summed E-state index contributed by atoms with van der Waals surface area (Å²) in [6, 6.07) is 2.58. The molecule has 0 aliphatic rings. The molecule has 0 radical (unpaired) electrons. The van der Waals surface area contributed by atoms with Gasteiger partial charge in [0.05, 0.1) is 9.21 Å². The molecule has 0 aliphatic carbocycles. The van der Waals surface area contributed by atoms with Crippen molar-refractivity contribution in [3.05, 3.63) is 27.5 Å². The van der Waals surface area contributed by atoms with Gasteiger partial charge >= 0.3 is 5.97 Å². The average Bonchev–Trinajstić information content (AvgIpc) is 3.11. The zero-order valence-corrected chi connectivity index (χ0v) is 13.9. The lowest BCUT2D eigenvalue weighted by molar-refractivity contribution is -0.139. The molecule has 0 fully saturated rings. The van der Waals surface area contributed by atoms with Crippen molar-refractivity contribution >= 4 is 46.2 Å². The van der Waals surface area contributed by atoms with Gasteiger partial charge in [-0.25, -0.2) is 9.78 Å². The van der Waals surface area contributed by atoms with Crippen LogP contribution in [-0.4, -0.2) is 41.7 Å². The number of nitrogens with one attached hydrogen (secondary N) is 1. The molecule has 0 spiro atoms. The number of aromatic nitrogens is 1.